The summed E-state index contributed by atoms with van der Waals surface area (Å²) < 4.78 is 31.2. The second-order valence-electron chi connectivity index (χ2n) is 4.23. The van der Waals surface area contributed by atoms with Gasteiger partial charge < -0.3 is 20.9 Å². The van der Waals surface area contributed by atoms with Crippen LogP contribution in [0.2, 0.25) is 0 Å². The van der Waals surface area contributed by atoms with Crippen molar-refractivity contribution >= 4 is 11.4 Å². The van der Waals surface area contributed by atoms with Crippen molar-refractivity contribution in [3.8, 4) is 0 Å². The first kappa shape index (κ1) is 12.1. The fourth-order valence-corrected chi connectivity index (χ4v) is 1.73. The molecule has 94 valence electrons. The average Bonchev–Trinajstić information content (AvgIpc) is 2.69. The van der Waals surface area contributed by atoms with Gasteiger partial charge in [-0.05, 0) is 6.07 Å². The predicted molar refractivity (Wildman–Crippen MR) is 59.6 cm³/mol. The molecule has 17 heavy (non-hydrogen) atoms. The number of benzene rings is 1. The summed E-state index contributed by atoms with van der Waals surface area (Å²) in [5.41, 5.74) is 4.44. The van der Waals surface area contributed by atoms with Gasteiger partial charge in [-0.2, -0.15) is 0 Å². The van der Waals surface area contributed by atoms with Crippen LogP contribution in [0.3, 0.4) is 0 Å². The molecule has 4 N–H and O–H groups in total. The molecule has 1 aliphatic rings. The second-order valence-corrected chi connectivity index (χ2v) is 4.23. The van der Waals surface area contributed by atoms with E-state index in [1.807, 2.05) is 0 Å². The summed E-state index contributed by atoms with van der Waals surface area (Å²) in [6.07, 6.45) is 0.484. The number of nitrogens with two attached hydrogens (primary N) is 1. The number of rotatable bonds is 3. The molecular formula is C11H14F2N2O2. The molecule has 1 saturated heterocycles. The van der Waals surface area contributed by atoms with Crippen molar-refractivity contribution in [2.75, 3.05) is 30.8 Å². The van der Waals surface area contributed by atoms with E-state index in [9.17, 15) is 13.9 Å². The monoisotopic (exact) mass is 244 g/mol. The first-order chi connectivity index (χ1) is 8.00. The van der Waals surface area contributed by atoms with Gasteiger partial charge in [0.2, 0.25) is 0 Å². The first-order valence-electron chi connectivity index (χ1n) is 5.29. The molecule has 0 spiro atoms. The summed E-state index contributed by atoms with van der Waals surface area (Å²) in [5.74, 6) is -1.53. The molecular weight excluding hydrogens is 230 g/mol. The summed E-state index contributed by atoms with van der Waals surface area (Å²) in [4.78, 5) is 0. The highest BCUT2D eigenvalue weighted by Gasteiger charge is 2.32. The highest BCUT2D eigenvalue weighted by Crippen LogP contribution is 2.25. The standard InChI is InChI=1S/C11H14F2N2O2/c12-7-3-8(13)10(14)9(4-7)15-5-11(16)1-2-17-6-11/h3-4,15-16H,1-2,5-6,14H2. The Morgan fingerprint density at radius 3 is 2.88 bits per heavy atom. The number of halogens is 2. The van der Waals surface area contributed by atoms with Crippen molar-refractivity contribution in [1.82, 2.24) is 0 Å². The van der Waals surface area contributed by atoms with Crippen LogP contribution < -0.4 is 11.1 Å². The van der Waals surface area contributed by atoms with E-state index in [-0.39, 0.29) is 24.5 Å². The second kappa shape index (κ2) is 4.46. The van der Waals surface area contributed by atoms with E-state index in [1.54, 1.807) is 0 Å². The molecule has 2 rings (SSSR count). The zero-order valence-corrected chi connectivity index (χ0v) is 9.17. The number of nitrogens with one attached hydrogen (secondary N) is 1. The van der Waals surface area contributed by atoms with Gasteiger partial charge in [-0.15, -0.1) is 0 Å². The van der Waals surface area contributed by atoms with Crippen LogP contribution in [-0.4, -0.2) is 30.5 Å². The van der Waals surface area contributed by atoms with E-state index in [0.29, 0.717) is 19.1 Å². The first-order valence-corrected chi connectivity index (χ1v) is 5.29. The van der Waals surface area contributed by atoms with Gasteiger partial charge in [-0.1, -0.05) is 0 Å². The lowest BCUT2D eigenvalue weighted by molar-refractivity contribution is 0.0382. The van der Waals surface area contributed by atoms with Gasteiger partial charge in [-0.3, -0.25) is 0 Å². The Hall–Kier alpha value is -1.40. The molecule has 0 aliphatic carbocycles. The molecule has 6 heteroatoms. The van der Waals surface area contributed by atoms with Gasteiger partial charge >= 0.3 is 0 Å². The van der Waals surface area contributed by atoms with E-state index in [0.717, 1.165) is 6.07 Å². The largest absolute Gasteiger partial charge is 0.395 e. The molecule has 1 atom stereocenters. The van der Waals surface area contributed by atoms with Gasteiger partial charge in [0.15, 0.2) is 5.82 Å². The van der Waals surface area contributed by atoms with Crippen molar-refractivity contribution in [1.29, 1.82) is 0 Å². The molecule has 1 aromatic rings. The minimum Gasteiger partial charge on any atom is -0.395 e. The molecule has 0 radical (unpaired) electrons. The van der Waals surface area contributed by atoms with Crippen LogP contribution in [-0.2, 0) is 4.74 Å². The topological polar surface area (TPSA) is 67.5 Å². The lowest BCUT2D eigenvalue weighted by Gasteiger charge is -2.22. The zero-order valence-electron chi connectivity index (χ0n) is 9.17. The van der Waals surface area contributed by atoms with Crippen LogP contribution >= 0.6 is 0 Å². The summed E-state index contributed by atoms with van der Waals surface area (Å²) in [5, 5.41) is 12.7. The molecule has 1 heterocycles. The Morgan fingerprint density at radius 2 is 2.24 bits per heavy atom. The molecule has 1 fully saturated rings. The quantitative estimate of drug-likeness (QED) is 0.697. The van der Waals surface area contributed by atoms with Crippen molar-refractivity contribution in [2.45, 2.75) is 12.0 Å². The maximum absolute atomic E-state index is 13.1. The number of anilines is 2. The number of ether oxygens (including phenoxy) is 1. The molecule has 1 unspecified atom stereocenters. The summed E-state index contributed by atoms with van der Waals surface area (Å²) in [7, 11) is 0. The molecule has 0 aromatic heterocycles. The Morgan fingerprint density at radius 1 is 1.47 bits per heavy atom. The normalized spacial score (nSPS) is 23.9. The SMILES string of the molecule is Nc1c(F)cc(F)cc1NCC1(O)CCOC1. The van der Waals surface area contributed by atoms with E-state index < -0.39 is 17.2 Å². The van der Waals surface area contributed by atoms with Crippen molar-refractivity contribution in [3.63, 3.8) is 0 Å². The van der Waals surface area contributed by atoms with Gasteiger partial charge in [0.05, 0.1) is 18.0 Å². The maximum atomic E-state index is 13.1. The molecule has 0 bridgehead atoms. The number of hydrogen-bond acceptors (Lipinski definition) is 4. The van der Waals surface area contributed by atoms with Gasteiger partial charge in [0, 0.05) is 25.6 Å². The van der Waals surface area contributed by atoms with Gasteiger partial charge in [-0.25, -0.2) is 8.78 Å². The summed E-state index contributed by atoms with van der Waals surface area (Å²) >= 11 is 0. The highest BCUT2D eigenvalue weighted by molar-refractivity contribution is 5.66. The number of nitrogen functional groups attached to an aromatic ring is 1. The van der Waals surface area contributed by atoms with E-state index in [2.05, 4.69) is 5.32 Å². The fraction of sp³-hybridized carbons (Fsp3) is 0.455. The predicted octanol–water partition coefficient (Wildman–Crippen LogP) is 1.11. The van der Waals surface area contributed by atoms with Crippen LogP contribution in [0.25, 0.3) is 0 Å². The Kier molecular flexibility index (Phi) is 3.17. The summed E-state index contributed by atoms with van der Waals surface area (Å²) in [6, 6.07) is 1.81. The van der Waals surface area contributed by atoms with Crippen molar-refractivity contribution < 1.29 is 18.6 Å². The lowest BCUT2D eigenvalue weighted by atomic mass is 10.0. The van der Waals surface area contributed by atoms with Crippen LogP contribution in [0, 0.1) is 11.6 Å². The fourth-order valence-electron chi connectivity index (χ4n) is 1.73. The summed E-state index contributed by atoms with van der Waals surface area (Å²) in [6.45, 7) is 0.822. The maximum Gasteiger partial charge on any atom is 0.151 e. The minimum atomic E-state index is -1.00. The van der Waals surface area contributed by atoms with E-state index >= 15 is 0 Å². The van der Waals surface area contributed by atoms with E-state index in [4.69, 9.17) is 10.5 Å². The van der Waals surface area contributed by atoms with Crippen LogP contribution in [0.15, 0.2) is 12.1 Å². The lowest BCUT2D eigenvalue weighted by Crippen LogP contribution is -2.37. The Balaban J connectivity index is 2.08. The van der Waals surface area contributed by atoms with E-state index in [1.165, 1.54) is 0 Å². The number of hydrogen-bond donors (Lipinski definition) is 3. The van der Waals surface area contributed by atoms with Gasteiger partial charge in [0.1, 0.15) is 11.4 Å². The van der Waals surface area contributed by atoms with Crippen LogP contribution in [0.5, 0.6) is 0 Å². The van der Waals surface area contributed by atoms with Crippen molar-refractivity contribution in [2.24, 2.45) is 0 Å². The Labute approximate surface area is 97.4 Å². The minimum absolute atomic E-state index is 0.139. The zero-order chi connectivity index (χ0) is 12.5. The van der Waals surface area contributed by atoms with Crippen LogP contribution in [0.1, 0.15) is 6.42 Å². The smallest absolute Gasteiger partial charge is 0.151 e. The molecule has 1 aromatic carbocycles. The molecule has 4 nitrogen and oxygen atoms in total. The molecule has 1 aliphatic heterocycles. The number of aliphatic hydroxyl groups is 1. The van der Waals surface area contributed by atoms with Gasteiger partial charge in [0.25, 0.3) is 0 Å². The Bertz CT molecular complexity index is 420. The third-order valence-electron chi connectivity index (χ3n) is 2.78. The highest BCUT2D eigenvalue weighted by atomic mass is 19.1. The average molecular weight is 244 g/mol. The van der Waals surface area contributed by atoms with Crippen molar-refractivity contribution in [3.05, 3.63) is 23.8 Å². The molecule has 0 saturated carbocycles. The third-order valence-corrected chi connectivity index (χ3v) is 2.78. The molecule has 0 amide bonds. The third kappa shape index (κ3) is 2.65. The van der Waals surface area contributed by atoms with Crippen LogP contribution in [0.4, 0.5) is 20.2 Å².